The van der Waals surface area contributed by atoms with Crippen LogP contribution in [0.4, 0.5) is 22.0 Å². The quantitative estimate of drug-likeness (QED) is 0.274. The van der Waals surface area contributed by atoms with Gasteiger partial charge in [-0.25, -0.2) is 8.78 Å². The number of unbranched alkanes of at least 4 members (excludes halogenated alkanes) is 3. The normalized spacial score (nSPS) is 25.2. The van der Waals surface area contributed by atoms with E-state index in [-0.39, 0.29) is 11.1 Å². The number of fused-ring (bicyclic) bond motifs is 1. The highest BCUT2D eigenvalue weighted by molar-refractivity contribution is 5.65. The van der Waals surface area contributed by atoms with Crippen LogP contribution in [0.2, 0.25) is 0 Å². The van der Waals surface area contributed by atoms with Crippen molar-refractivity contribution in [2.24, 2.45) is 17.8 Å². The molecule has 0 aliphatic heterocycles. The monoisotopic (exact) mass is 478 g/mol. The summed E-state index contributed by atoms with van der Waals surface area (Å²) in [4.78, 5) is 0. The fourth-order valence-corrected chi connectivity index (χ4v) is 6.34. The van der Waals surface area contributed by atoms with E-state index in [1.807, 2.05) is 6.07 Å². The van der Waals surface area contributed by atoms with Crippen LogP contribution in [0, 0.1) is 29.4 Å². The zero-order valence-corrected chi connectivity index (χ0v) is 19.9. The van der Waals surface area contributed by atoms with Gasteiger partial charge in [0.25, 0.3) is 0 Å². The van der Waals surface area contributed by atoms with E-state index in [4.69, 9.17) is 0 Å². The molecule has 34 heavy (non-hydrogen) atoms. The number of halogens is 5. The number of alkyl halides is 3. The lowest BCUT2D eigenvalue weighted by Gasteiger charge is -2.42. The topological polar surface area (TPSA) is 0 Å². The summed E-state index contributed by atoms with van der Waals surface area (Å²) >= 11 is 0. The lowest BCUT2D eigenvalue weighted by molar-refractivity contribution is -0.139. The van der Waals surface area contributed by atoms with Gasteiger partial charge in [-0.05, 0) is 85.1 Å². The summed E-state index contributed by atoms with van der Waals surface area (Å²) in [6.07, 6.45) is 9.17. The van der Waals surface area contributed by atoms with Crippen molar-refractivity contribution in [3.63, 3.8) is 0 Å². The van der Waals surface area contributed by atoms with E-state index in [0.29, 0.717) is 17.9 Å². The third-order valence-corrected chi connectivity index (χ3v) is 8.24. The molecule has 0 nitrogen and oxygen atoms in total. The molecule has 186 valence electrons. The van der Waals surface area contributed by atoms with E-state index in [9.17, 15) is 22.0 Å². The van der Waals surface area contributed by atoms with Crippen molar-refractivity contribution < 1.29 is 22.0 Å². The van der Waals surface area contributed by atoms with Crippen molar-refractivity contribution in [1.82, 2.24) is 0 Å². The second-order valence-electron chi connectivity index (χ2n) is 10.5. The second-order valence-corrected chi connectivity index (χ2v) is 10.5. The van der Waals surface area contributed by atoms with Crippen LogP contribution in [0.15, 0.2) is 36.4 Å². The van der Waals surface area contributed by atoms with Gasteiger partial charge in [-0.1, -0.05) is 63.6 Å². The van der Waals surface area contributed by atoms with Crippen LogP contribution in [0.1, 0.15) is 94.6 Å². The Labute approximate surface area is 200 Å². The largest absolute Gasteiger partial charge is 0.419 e. The lowest BCUT2D eigenvalue weighted by Crippen LogP contribution is -2.30. The average molecular weight is 479 g/mol. The molecular formula is C29H35F5. The van der Waals surface area contributed by atoms with Crippen LogP contribution in [-0.4, -0.2) is 0 Å². The van der Waals surface area contributed by atoms with E-state index in [1.165, 1.54) is 63.9 Å². The summed E-state index contributed by atoms with van der Waals surface area (Å²) in [5, 5.41) is 0. The van der Waals surface area contributed by atoms with Gasteiger partial charge in [-0.15, -0.1) is 0 Å². The Balaban J connectivity index is 1.39. The van der Waals surface area contributed by atoms with Crippen molar-refractivity contribution in [1.29, 1.82) is 0 Å². The molecule has 2 fully saturated rings. The van der Waals surface area contributed by atoms with Gasteiger partial charge in [-0.3, -0.25) is 0 Å². The smallest absolute Gasteiger partial charge is 0.206 e. The summed E-state index contributed by atoms with van der Waals surface area (Å²) in [7, 11) is 0. The van der Waals surface area contributed by atoms with Crippen LogP contribution in [0.5, 0.6) is 0 Å². The summed E-state index contributed by atoms with van der Waals surface area (Å²) in [5.74, 6) is 0.797. The van der Waals surface area contributed by atoms with E-state index in [1.54, 1.807) is 6.07 Å². The van der Waals surface area contributed by atoms with Crippen molar-refractivity contribution in [2.45, 2.75) is 89.6 Å². The molecule has 4 unspecified atom stereocenters. The SMILES string of the molecule is CCCCCCC1CCC2CC(c3ccc(-c4ccc(C(F)(F)F)c(F)c4)c(F)c3)CCC2C1. The molecule has 0 N–H and O–H groups in total. The van der Waals surface area contributed by atoms with Crippen LogP contribution in [0.25, 0.3) is 11.1 Å². The summed E-state index contributed by atoms with van der Waals surface area (Å²) < 4.78 is 67.4. The maximum atomic E-state index is 15.0. The standard InChI is InChI=1S/C29H35F5/c1-2-3-4-5-6-19-7-8-21-16-22(10-9-20(21)15-19)23-11-13-25(27(30)17-23)24-12-14-26(28(31)18-24)29(32,33)34/h11-14,17-22H,2-10,15-16H2,1H3. The van der Waals surface area contributed by atoms with Crippen LogP contribution in [-0.2, 0) is 6.18 Å². The van der Waals surface area contributed by atoms with Crippen LogP contribution < -0.4 is 0 Å². The van der Waals surface area contributed by atoms with E-state index in [2.05, 4.69) is 6.92 Å². The third kappa shape index (κ3) is 5.83. The predicted octanol–water partition coefficient (Wildman–Crippen LogP) is 9.92. The Morgan fingerprint density at radius 3 is 2.26 bits per heavy atom. The first-order chi connectivity index (χ1) is 16.3. The van der Waals surface area contributed by atoms with E-state index >= 15 is 0 Å². The predicted molar refractivity (Wildman–Crippen MR) is 126 cm³/mol. The van der Waals surface area contributed by atoms with Gasteiger partial charge in [0, 0.05) is 5.56 Å². The molecule has 0 amide bonds. The molecule has 0 bridgehead atoms. The Hall–Kier alpha value is -1.91. The molecule has 2 aromatic rings. The van der Waals surface area contributed by atoms with Gasteiger partial charge in [-0.2, -0.15) is 13.2 Å². The number of rotatable bonds is 7. The van der Waals surface area contributed by atoms with Crippen LogP contribution in [0.3, 0.4) is 0 Å². The molecule has 0 heterocycles. The average Bonchev–Trinajstić information content (AvgIpc) is 2.80. The lowest BCUT2D eigenvalue weighted by atomic mass is 9.63. The minimum absolute atomic E-state index is 0.121. The minimum atomic E-state index is -4.77. The molecule has 5 heteroatoms. The Morgan fingerprint density at radius 1 is 0.794 bits per heavy atom. The van der Waals surface area contributed by atoms with E-state index < -0.39 is 23.4 Å². The summed E-state index contributed by atoms with van der Waals surface area (Å²) in [6.45, 7) is 2.25. The second kappa shape index (κ2) is 10.8. The molecule has 2 aliphatic rings. The first-order valence-corrected chi connectivity index (χ1v) is 12.9. The fraction of sp³-hybridized carbons (Fsp3) is 0.586. The molecule has 0 spiro atoms. The molecular weight excluding hydrogens is 443 g/mol. The summed E-state index contributed by atoms with van der Waals surface area (Å²) in [5.41, 5.74) is -0.126. The number of hydrogen-bond donors (Lipinski definition) is 0. The molecule has 0 aromatic heterocycles. The molecule has 4 rings (SSSR count). The maximum absolute atomic E-state index is 15.0. The van der Waals surface area contributed by atoms with Crippen molar-refractivity contribution >= 4 is 0 Å². The zero-order chi connectivity index (χ0) is 24.3. The minimum Gasteiger partial charge on any atom is -0.206 e. The fourth-order valence-electron chi connectivity index (χ4n) is 6.34. The first-order valence-electron chi connectivity index (χ1n) is 12.9. The highest BCUT2D eigenvalue weighted by Gasteiger charge is 2.36. The molecule has 2 aromatic carbocycles. The van der Waals surface area contributed by atoms with Gasteiger partial charge in [0.1, 0.15) is 11.6 Å². The van der Waals surface area contributed by atoms with Gasteiger partial charge in [0.2, 0.25) is 0 Å². The molecule has 0 saturated heterocycles. The summed E-state index contributed by atoms with van der Waals surface area (Å²) in [6, 6.07) is 7.56. The number of hydrogen-bond acceptors (Lipinski definition) is 0. The Kier molecular flexibility index (Phi) is 7.99. The van der Waals surface area contributed by atoms with E-state index in [0.717, 1.165) is 42.4 Å². The zero-order valence-electron chi connectivity index (χ0n) is 19.9. The first kappa shape index (κ1) is 25.2. The van der Waals surface area contributed by atoms with Gasteiger partial charge < -0.3 is 0 Å². The third-order valence-electron chi connectivity index (χ3n) is 8.24. The van der Waals surface area contributed by atoms with Gasteiger partial charge >= 0.3 is 6.18 Å². The molecule has 2 saturated carbocycles. The van der Waals surface area contributed by atoms with Crippen molar-refractivity contribution in [2.75, 3.05) is 0 Å². The molecule has 0 radical (unpaired) electrons. The van der Waals surface area contributed by atoms with Gasteiger partial charge in [0.15, 0.2) is 0 Å². The maximum Gasteiger partial charge on any atom is 0.419 e. The van der Waals surface area contributed by atoms with Crippen LogP contribution >= 0.6 is 0 Å². The highest BCUT2D eigenvalue weighted by atomic mass is 19.4. The molecule has 4 atom stereocenters. The Bertz CT molecular complexity index is 963. The van der Waals surface area contributed by atoms with Gasteiger partial charge in [0.05, 0.1) is 5.56 Å². The highest BCUT2D eigenvalue weighted by Crippen LogP contribution is 2.48. The van der Waals surface area contributed by atoms with Crippen molar-refractivity contribution in [3.05, 3.63) is 59.2 Å². The number of benzene rings is 2. The molecule has 2 aliphatic carbocycles. The Morgan fingerprint density at radius 2 is 1.56 bits per heavy atom. The van der Waals surface area contributed by atoms with Crippen molar-refractivity contribution in [3.8, 4) is 11.1 Å².